The molecule has 0 aliphatic carbocycles. The minimum Gasteiger partial charge on any atom is -0.481 e. The lowest BCUT2D eigenvalue weighted by Crippen LogP contribution is -2.12. The molecule has 1 unspecified atom stereocenters. The minimum absolute atomic E-state index is 0. The first kappa shape index (κ1) is 14.7. The highest BCUT2D eigenvalue weighted by molar-refractivity contribution is 5.85. The van der Waals surface area contributed by atoms with Crippen molar-refractivity contribution in [1.29, 1.82) is 0 Å². The number of halogens is 1. The molecule has 0 aliphatic rings. The quantitative estimate of drug-likeness (QED) is 0.701. The number of carboxylic acid groups (broad SMARTS) is 2. The van der Waals surface area contributed by atoms with Crippen molar-refractivity contribution in [3.63, 3.8) is 0 Å². The molecule has 0 saturated heterocycles. The van der Waals surface area contributed by atoms with E-state index in [0.29, 0.717) is 19.3 Å². The number of carbonyl (C=O) groups is 2. The highest BCUT2D eigenvalue weighted by Crippen LogP contribution is 2.12. The molecular weight excluding hydrogens is 196 g/mol. The van der Waals surface area contributed by atoms with Gasteiger partial charge in [0.15, 0.2) is 0 Å². The maximum absolute atomic E-state index is 10.5. The Labute approximate surface area is 83.4 Å². The maximum Gasteiger partial charge on any atom is 0.306 e. The van der Waals surface area contributed by atoms with Gasteiger partial charge in [-0.05, 0) is 19.3 Å². The molecule has 0 aromatic rings. The Balaban J connectivity index is 0. The summed E-state index contributed by atoms with van der Waals surface area (Å²) in [5.41, 5.74) is 0. The normalized spacial score (nSPS) is 11.5. The lowest BCUT2D eigenvalue weighted by Gasteiger charge is -2.07. The van der Waals surface area contributed by atoms with E-state index in [-0.39, 0.29) is 24.7 Å². The summed E-state index contributed by atoms with van der Waals surface area (Å²) in [5, 5.41) is 16.9. The van der Waals surface area contributed by atoms with Crippen molar-refractivity contribution in [3.05, 3.63) is 0 Å². The molecule has 0 radical (unpaired) electrons. The summed E-state index contributed by atoms with van der Waals surface area (Å²) < 4.78 is 0. The Morgan fingerprint density at radius 3 is 2.15 bits per heavy atom. The Bertz CT molecular complexity index is 170. The van der Waals surface area contributed by atoms with Crippen LogP contribution >= 0.6 is 12.4 Å². The molecule has 0 aliphatic heterocycles. The Morgan fingerprint density at radius 2 is 1.85 bits per heavy atom. The van der Waals surface area contributed by atoms with Crippen molar-refractivity contribution in [1.82, 2.24) is 0 Å². The molecule has 0 heterocycles. The van der Waals surface area contributed by atoms with E-state index in [1.165, 1.54) is 0 Å². The van der Waals surface area contributed by atoms with Gasteiger partial charge in [-0.1, -0.05) is 6.92 Å². The van der Waals surface area contributed by atoms with Gasteiger partial charge in [0.1, 0.15) is 0 Å². The fourth-order valence-corrected chi connectivity index (χ4v) is 1.00. The second-order valence-corrected chi connectivity index (χ2v) is 2.73. The van der Waals surface area contributed by atoms with Crippen LogP contribution in [0, 0.1) is 5.92 Å². The summed E-state index contributed by atoms with van der Waals surface area (Å²) in [4.78, 5) is 20.6. The van der Waals surface area contributed by atoms with Gasteiger partial charge in [-0.25, -0.2) is 0 Å². The van der Waals surface area contributed by atoms with E-state index in [2.05, 4.69) is 0 Å². The van der Waals surface area contributed by atoms with Crippen LogP contribution in [-0.2, 0) is 9.59 Å². The molecule has 78 valence electrons. The van der Waals surface area contributed by atoms with Gasteiger partial charge in [0.25, 0.3) is 0 Å². The topological polar surface area (TPSA) is 74.6 Å². The van der Waals surface area contributed by atoms with E-state index >= 15 is 0 Å². The molecule has 0 aromatic carbocycles. The molecule has 5 heteroatoms. The van der Waals surface area contributed by atoms with E-state index in [0.717, 1.165) is 0 Å². The highest BCUT2D eigenvalue weighted by atomic mass is 35.5. The van der Waals surface area contributed by atoms with Crippen LogP contribution in [0.25, 0.3) is 0 Å². The van der Waals surface area contributed by atoms with Gasteiger partial charge in [0, 0.05) is 6.42 Å². The van der Waals surface area contributed by atoms with Gasteiger partial charge in [0.05, 0.1) is 5.92 Å². The summed E-state index contributed by atoms with van der Waals surface area (Å²) in [6.07, 6.45) is 1.52. The van der Waals surface area contributed by atoms with Crippen molar-refractivity contribution in [2.75, 3.05) is 0 Å². The van der Waals surface area contributed by atoms with Crippen molar-refractivity contribution < 1.29 is 19.8 Å². The molecule has 0 aromatic heterocycles. The third-order valence-electron chi connectivity index (χ3n) is 1.79. The Hall–Kier alpha value is -0.770. The lowest BCUT2D eigenvalue weighted by atomic mass is 10.00. The molecule has 0 fully saturated rings. The second kappa shape index (κ2) is 7.86. The molecule has 13 heavy (non-hydrogen) atoms. The first-order valence-electron chi connectivity index (χ1n) is 4.02. The fraction of sp³-hybridized carbons (Fsp3) is 0.750. The zero-order valence-corrected chi connectivity index (χ0v) is 8.34. The van der Waals surface area contributed by atoms with Crippen molar-refractivity contribution >= 4 is 24.3 Å². The van der Waals surface area contributed by atoms with Crippen LogP contribution in [0.3, 0.4) is 0 Å². The molecule has 0 bridgehead atoms. The Kier molecular flexibility index (Phi) is 8.91. The lowest BCUT2D eigenvalue weighted by molar-refractivity contribution is -0.143. The van der Waals surface area contributed by atoms with Crippen LogP contribution in [0.15, 0.2) is 0 Å². The number of hydrogen-bond acceptors (Lipinski definition) is 2. The summed E-state index contributed by atoms with van der Waals surface area (Å²) in [7, 11) is 0. The predicted octanol–water partition coefficient (Wildman–Crippen LogP) is 1.77. The SMILES string of the molecule is CCC(CCCC(=O)O)C(=O)O.Cl. The van der Waals surface area contributed by atoms with Crippen molar-refractivity contribution in [2.45, 2.75) is 32.6 Å². The maximum atomic E-state index is 10.5. The number of rotatable bonds is 6. The molecule has 0 spiro atoms. The van der Waals surface area contributed by atoms with Crippen LogP contribution in [0.1, 0.15) is 32.6 Å². The summed E-state index contributed by atoms with van der Waals surface area (Å²) >= 11 is 0. The molecule has 0 rings (SSSR count). The Morgan fingerprint density at radius 1 is 1.31 bits per heavy atom. The smallest absolute Gasteiger partial charge is 0.306 e. The number of aliphatic carboxylic acids is 2. The molecule has 4 nitrogen and oxygen atoms in total. The van der Waals surface area contributed by atoms with E-state index in [1.54, 1.807) is 6.92 Å². The van der Waals surface area contributed by atoms with Gasteiger partial charge in [-0.15, -0.1) is 12.4 Å². The molecular formula is C8H15ClO4. The van der Waals surface area contributed by atoms with Gasteiger partial charge in [-0.3, -0.25) is 9.59 Å². The standard InChI is InChI=1S/C8H14O4.ClH/c1-2-6(8(11)12)4-3-5-7(9)10;/h6H,2-5H2,1H3,(H,9,10)(H,11,12);1H. The third kappa shape index (κ3) is 7.59. The molecule has 0 saturated carbocycles. The van der Waals surface area contributed by atoms with Crippen LogP contribution < -0.4 is 0 Å². The molecule has 1 atom stereocenters. The van der Waals surface area contributed by atoms with E-state index in [9.17, 15) is 9.59 Å². The van der Waals surface area contributed by atoms with E-state index < -0.39 is 11.9 Å². The first-order valence-corrected chi connectivity index (χ1v) is 4.02. The number of hydrogen-bond donors (Lipinski definition) is 2. The summed E-state index contributed by atoms with van der Waals surface area (Å²) in [6.45, 7) is 1.79. The molecule has 0 amide bonds. The zero-order chi connectivity index (χ0) is 9.56. The van der Waals surface area contributed by atoms with Crippen LogP contribution in [-0.4, -0.2) is 22.2 Å². The largest absolute Gasteiger partial charge is 0.481 e. The van der Waals surface area contributed by atoms with Gasteiger partial charge < -0.3 is 10.2 Å². The second-order valence-electron chi connectivity index (χ2n) is 2.73. The fourth-order valence-electron chi connectivity index (χ4n) is 1.00. The van der Waals surface area contributed by atoms with Gasteiger partial charge in [0.2, 0.25) is 0 Å². The van der Waals surface area contributed by atoms with Crippen LogP contribution in [0.5, 0.6) is 0 Å². The zero-order valence-electron chi connectivity index (χ0n) is 7.52. The third-order valence-corrected chi connectivity index (χ3v) is 1.79. The minimum atomic E-state index is -0.866. The summed E-state index contributed by atoms with van der Waals surface area (Å²) in [5.74, 6) is -2.08. The van der Waals surface area contributed by atoms with Crippen molar-refractivity contribution in [2.24, 2.45) is 5.92 Å². The van der Waals surface area contributed by atoms with Crippen LogP contribution in [0.4, 0.5) is 0 Å². The summed E-state index contributed by atoms with van der Waals surface area (Å²) in [6, 6.07) is 0. The highest BCUT2D eigenvalue weighted by Gasteiger charge is 2.14. The monoisotopic (exact) mass is 210 g/mol. The van der Waals surface area contributed by atoms with E-state index in [4.69, 9.17) is 10.2 Å². The predicted molar refractivity (Wildman–Crippen MR) is 50.2 cm³/mol. The first-order chi connectivity index (χ1) is 5.57. The van der Waals surface area contributed by atoms with Gasteiger partial charge in [-0.2, -0.15) is 0 Å². The molecule has 2 N–H and O–H groups in total. The number of carboxylic acids is 2. The van der Waals surface area contributed by atoms with E-state index in [1.807, 2.05) is 0 Å². The van der Waals surface area contributed by atoms with Crippen LogP contribution in [0.2, 0.25) is 0 Å². The average molecular weight is 211 g/mol. The average Bonchev–Trinajstić information content (AvgIpc) is 1.96. The van der Waals surface area contributed by atoms with Crippen molar-refractivity contribution in [3.8, 4) is 0 Å². The van der Waals surface area contributed by atoms with Gasteiger partial charge >= 0.3 is 11.9 Å².